The first-order valence-corrected chi connectivity index (χ1v) is 5.74. The molecule has 3 N–H and O–H groups in total. The summed E-state index contributed by atoms with van der Waals surface area (Å²) >= 11 is 0. The molecule has 0 bridgehead atoms. The Balaban J connectivity index is 0.00000200. The Morgan fingerprint density at radius 3 is 2.70 bits per heavy atom. The summed E-state index contributed by atoms with van der Waals surface area (Å²) in [4.78, 5) is 15.7. The molecule has 101 valence electrons. The zero-order valence-corrected chi connectivity index (χ0v) is 14.1. The van der Waals surface area contributed by atoms with Gasteiger partial charge in [0.2, 0.25) is 0 Å². The maximum absolute atomic E-state index is 11.6. The fourth-order valence-corrected chi connectivity index (χ4v) is 1.56. The number of carbonyl (C=O) groups excluding carboxylic acids is 1. The van der Waals surface area contributed by atoms with Gasteiger partial charge in [-0.15, -0.1) is 18.2 Å². The molecule has 0 saturated carbocycles. The molecule has 0 aliphatic heterocycles. The van der Waals surface area contributed by atoms with E-state index >= 15 is 0 Å². The summed E-state index contributed by atoms with van der Waals surface area (Å²) in [5.41, 5.74) is 7.12. The molecule has 0 aliphatic carbocycles. The Bertz CT molecular complexity index is 600. The molecule has 1 radical (unpaired) electrons. The van der Waals surface area contributed by atoms with Crippen molar-refractivity contribution in [3.8, 4) is 11.5 Å². The van der Waals surface area contributed by atoms with Crippen molar-refractivity contribution in [2.75, 3.05) is 12.8 Å². The van der Waals surface area contributed by atoms with Gasteiger partial charge in [0.1, 0.15) is 11.4 Å². The number of nitrogens with two attached hydrogens (primary N) is 1. The summed E-state index contributed by atoms with van der Waals surface area (Å²) in [6.45, 7) is 1.80. The predicted molar refractivity (Wildman–Crippen MR) is 72.1 cm³/mol. The van der Waals surface area contributed by atoms with E-state index < -0.39 is 0 Å². The van der Waals surface area contributed by atoms with Crippen molar-refractivity contribution in [1.29, 1.82) is 0 Å². The van der Waals surface area contributed by atoms with Crippen LogP contribution in [0.15, 0.2) is 30.3 Å². The fourth-order valence-electron chi connectivity index (χ4n) is 1.56. The van der Waals surface area contributed by atoms with Crippen LogP contribution in [0.3, 0.4) is 0 Å². The summed E-state index contributed by atoms with van der Waals surface area (Å²) in [6, 6.07) is 11.3. The number of hydrogen-bond acceptors (Lipinski definition) is 4. The van der Waals surface area contributed by atoms with Gasteiger partial charge in [0.25, 0.3) is 5.91 Å². The second kappa shape index (κ2) is 7.36. The van der Waals surface area contributed by atoms with E-state index in [0.717, 1.165) is 0 Å². The first-order valence-electron chi connectivity index (χ1n) is 5.74. The molecule has 20 heavy (non-hydrogen) atoms. The average molecular weight is 345 g/mol. The van der Waals surface area contributed by atoms with Crippen LogP contribution in [0.5, 0.6) is 11.5 Å². The van der Waals surface area contributed by atoms with Crippen LogP contribution in [-0.2, 0) is 32.7 Å². The van der Waals surface area contributed by atoms with Crippen molar-refractivity contribution in [3.05, 3.63) is 47.8 Å². The standard InChI is InChI=1S/C14H14N3O2.Y/c1-9-7-12(8-13(17-9)14(18)16-2)19-11-5-3-10(15)4-6-11;/h3,5-8H,15H2,1-2H3,(H,16,18);/q-1;. The van der Waals surface area contributed by atoms with Crippen LogP contribution in [0.25, 0.3) is 0 Å². The maximum Gasteiger partial charge on any atom is 0.269 e. The van der Waals surface area contributed by atoms with Crippen molar-refractivity contribution in [2.24, 2.45) is 0 Å². The van der Waals surface area contributed by atoms with Gasteiger partial charge in [-0.2, -0.15) is 6.07 Å². The van der Waals surface area contributed by atoms with Crippen LogP contribution in [0.2, 0.25) is 0 Å². The largest absolute Gasteiger partial charge is 0.517 e. The van der Waals surface area contributed by atoms with Gasteiger partial charge in [-0.3, -0.25) is 4.79 Å². The van der Waals surface area contributed by atoms with Crippen LogP contribution in [0, 0.1) is 13.0 Å². The third-order valence-corrected chi connectivity index (χ3v) is 2.43. The minimum absolute atomic E-state index is 0. The number of nitrogens with zero attached hydrogens (tertiary/aromatic N) is 1. The molecule has 1 aromatic carbocycles. The van der Waals surface area contributed by atoms with Gasteiger partial charge in [-0.25, -0.2) is 4.98 Å². The first kappa shape index (κ1) is 16.6. The molecule has 0 unspecified atom stereocenters. The van der Waals surface area contributed by atoms with Gasteiger partial charge in [0.15, 0.2) is 0 Å². The Morgan fingerprint density at radius 1 is 1.35 bits per heavy atom. The van der Waals surface area contributed by atoms with Crippen LogP contribution in [0.4, 0.5) is 5.69 Å². The Kier molecular flexibility index (Phi) is 6.11. The summed E-state index contributed by atoms with van der Waals surface area (Å²) in [7, 11) is 1.56. The zero-order chi connectivity index (χ0) is 13.8. The summed E-state index contributed by atoms with van der Waals surface area (Å²) in [5, 5.41) is 2.53. The SMILES string of the molecule is CNC(=O)c1cc(Oc2c[c-]c(N)cc2)cc(C)n1.[Y]. The van der Waals surface area contributed by atoms with Gasteiger partial charge >= 0.3 is 0 Å². The van der Waals surface area contributed by atoms with Crippen LogP contribution in [0.1, 0.15) is 16.2 Å². The number of nitrogens with one attached hydrogen (secondary N) is 1. The number of aromatic nitrogens is 1. The number of rotatable bonds is 3. The minimum Gasteiger partial charge on any atom is -0.517 e. The minimum atomic E-state index is -0.252. The summed E-state index contributed by atoms with van der Waals surface area (Å²) in [5.74, 6) is 0.893. The van der Waals surface area contributed by atoms with E-state index in [-0.39, 0.29) is 38.6 Å². The molecule has 5 nitrogen and oxygen atoms in total. The molecule has 1 amide bonds. The molecule has 0 spiro atoms. The molecular formula is C14H14N3O2Y-. The Hall–Kier alpha value is -1.46. The monoisotopic (exact) mass is 345 g/mol. The molecular weight excluding hydrogens is 331 g/mol. The fraction of sp³-hybridized carbons (Fsp3) is 0.143. The number of hydrogen-bond donors (Lipinski definition) is 2. The van der Waals surface area contributed by atoms with Gasteiger partial charge in [-0.05, 0) is 6.92 Å². The number of pyridine rings is 1. The molecule has 6 heteroatoms. The van der Waals surface area contributed by atoms with E-state index in [1.54, 1.807) is 44.3 Å². The number of benzene rings is 1. The van der Waals surface area contributed by atoms with Crippen LogP contribution in [-0.4, -0.2) is 17.9 Å². The average Bonchev–Trinajstić information content (AvgIpc) is 2.40. The van der Waals surface area contributed by atoms with E-state index in [9.17, 15) is 4.79 Å². The smallest absolute Gasteiger partial charge is 0.269 e. The van der Waals surface area contributed by atoms with Crippen molar-refractivity contribution < 1.29 is 42.2 Å². The molecule has 1 heterocycles. The van der Waals surface area contributed by atoms with Gasteiger partial charge in [0, 0.05) is 63.3 Å². The third-order valence-electron chi connectivity index (χ3n) is 2.43. The van der Waals surface area contributed by atoms with E-state index in [0.29, 0.717) is 28.6 Å². The molecule has 1 aromatic heterocycles. The van der Waals surface area contributed by atoms with E-state index in [1.165, 1.54) is 0 Å². The molecule has 2 aromatic rings. The summed E-state index contributed by atoms with van der Waals surface area (Å²) in [6.07, 6.45) is 0. The van der Waals surface area contributed by atoms with E-state index in [1.807, 2.05) is 0 Å². The van der Waals surface area contributed by atoms with E-state index in [2.05, 4.69) is 16.4 Å². The normalized spacial score (nSPS) is 9.50. The van der Waals surface area contributed by atoms with Crippen molar-refractivity contribution in [2.45, 2.75) is 6.92 Å². The van der Waals surface area contributed by atoms with Gasteiger partial charge in [0.05, 0.1) is 0 Å². The molecule has 2 rings (SSSR count). The number of nitrogen functional groups attached to an aromatic ring is 1. The quantitative estimate of drug-likeness (QED) is 0.658. The second-order valence-electron chi connectivity index (χ2n) is 3.99. The van der Waals surface area contributed by atoms with Gasteiger partial charge < -0.3 is 15.8 Å². The topological polar surface area (TPSA) is 77.2 Å². The number of aryl methyl sites for hydroxylation is 1. The maximum atomic E-state index is 11.6. The number of carbonyl (C=O) groups is 1. The van der Waals surface area contributed by atoms with Gasteiger partial charge in [-0.1, -0.05) is 5.69 Å². The Morgan fingerprint density at radius 2 is 2.10 bits per heavy atom. The van der Waals surface area contributed by atoms with Crippen LogP contribution < -0.4 is 15.8 Å². The number of amides is 1. The summed E-state index contributed by atoms with van der Waals surface area (Å²) < 4.78 is 5.64. The van der Waals surface area contributed by atoms with Crippen LogP contribution >= 0.6 is 0 Å². The Labute approximate surface area is 142 Å². The van der Waals surface area contributed by atoms with Crippen molar-refractivity contribution in [1.82, 2.24) is 10.3 Å². The molecule has 0 saturated heterocycles. The first-order chi connectivity index (χ1) is 9.08. The van der Waals surface area contributed by atoms with E-state index in [4.69, 9.17) is 10.5 Å². The number of ether oxygens (including phenoxy) is 1. The molecule has 0 fully saturated rings. The second-order valence-corrected chi connectivity index (χ2v) is 3.99. The predicted octanol–water partition coefficient (Wildman–Crippen LogP) is 1.92. The molecule has 0 aliphatic rings. The molecule has 0 atom stereocenters. The van der Waals surface area contributed by atoms with Crippen molar-refractivity contribution >= 4 is 11.6 Å². The number of anilines is 1. The third kappa shape index (κ3) is 4.28. The van der Waals surface area contributed by atoms with Crippen molar-refractivity contribution in [3.63, 3.8) is 0 Å². The zero-order valence-electron chi connectivity index (χ0n) is 11.3.